The van der Waals surface area contributed by atoms with Gasteiger partial charge in [-0.15, -0.1) is 0 Å². The summed E-state index contributed by atoms with van der Waals surface area (Å²) in [7, 11) is -4.42. The van der Waals surface area contributed by atoms with Gasteiger partial charge in [0.05, 0.1) is 12.1 Å². The van der Waals surface area contributed by atoms with Crippen LogP contribution in [0.1, 0.15) is 143 Å². The third-order valence-electron chi connectivity index (χ3n) is 5.22. The van der Waals surface area contributed by atoms with Crippen molar-refractivity contribution >= 4 is 10.4 Å². The van der Waals surface area contributed by atoms with E-state index in [4.69, 9.17) is 0 Å². The zero-order chi connectivity index (χ0) is 23.1. The lowest BCUT2D eigenvalue weighted by Gasteiger charge is -2.13. The van der Waals surface area contributed by atoms with Gasteiger partial charge in [0.2, 0.25) is 10.4 Å². The van der Waals surface area contributed by atoms with Gasteiger partial charge in [-0.1, -0.05) is 110 Å². The van der Waals surface area contributed by atoms with E-state index in [-0.39, 0.29) is 12.1 Å². The minimum Gasteiger partial charge on any atom is -0.726 e. The van der Waals surface area contributed by atoms with Gasteiger partial charge in [-0.2, -0.15) is 0 Å². The third kappa shape index (κ3) is 35.3. The molecule has 0 saturated carbocycles. The summed E-state index contributed by atoms with van der Waals surface area (Å²) in [5.41, 5.74) is 4.47. The molecule has 0 aromatic rings. The van der Waals surface area contributed by atoms with Crippen molar-refractivity contribution in [3.05, 3.63) is 0 Å². The van der Waals surface area contributed by atoms with Crippen LogP contribution in [0.3, 0.4) is 0 Å². The minimum absolute atomic E-state index is 0.0914. The molecule has 0 fully saturated rings. The average molecular weight is 452 g/mol. The first-order valence-corrected chi connectivity index (χ1v) is 13.9. The van der Waals surface area contributed by atoms with E-state index in [9.17, 15) is 13.0 Å². The molecule has 6 heteroatoms. The number of hydrogen-bond donors (Lipinski definition) is 1. The molecule has 184 valence electrons. The lowest BCUT2D eigenvalue weighted by Crippen LogP contribution is -2.68. The fourth-order valence-electron chi connectivity index (χ4n) is 3.47. The standard InChI is InChI=1S/C22H47N.C2H6O4S/c1-4-5-6-7-8-9-10-11-12-13-14-15-16-17-18-19-20-21-22(2,3)23;1-2-6-7(3,4)5/h4-21,23H2,1-3H3;2H2,1H3,(H,3,4,5). The second kappa shape index (κ2) is 22.0. The van der Waals surface area contributed by atoms with Crippen molar-refractivity contribution in [3.8, 4) is 0 Å². The number of unbranched alkanes of at least 4 members (excludes halogenated alkanes) is 16. The second-order valence-electron chi connectivity index (χ2n) is 9.39. The molecule has 3 N–H and O–H groups in total. The summed E-state index contributed by atoms with van der Waals surface area (Å²) in [6.07, 6.45) is 26.0. The Morgan fingerprint density at radius 3 is 1.17 bits per heavy atom. The van der Waals surface area contributed by atoms with E-state index < -0.39 is 10.4 Å². The molecule has 0 aromatic heterocycles. The quantitative estimate of drug-likeness (QED) is 0.129. The molecule has 0 unspecified atom stereocenters. The predicted molar refractivity (Wildman–Crippen MR) is 127 cm³/mol. The normalized spacial score (nSPS) is 11.9. The van der Waals surface area contributed by atoms with Gasteiger partial charge in [-0.25, -0.2) is 8.42 Å². The van der Waals surface area contributed by atoms with Gasteiger partial charge in [0.25, 0.3) is 0 Å². The van der Waals surface area contributed by atoms with Crippen LogP contribution in [0.15, 0.2) is 0 Å². The van der Waals surface area contributed by atoms with Gasteiger partial charge in [0.15, 0.2) is 0 Å². The predicted octanol–water partition coefficient (Wildman–Crippen LogP) is 6.53. The maximum absolute atomic E-state index is 9.45. The topological polar surface area (TPSA) is 94.1 Å². The van der Waals surface area contributed by atoms with Gasteiger partial charge in [0, 0.05) is 6.42 Å². The summed E-state index contributed by atoms with van der Waals surface area (Å²) >= 11 is 0. The van der Waals surface area contributed by atoms with Crippen molar-refractivity contribution in [2.75, 3.05) is 6.61 Å². The summed E-state index contributed by atoms with van der Waals surface area (Å²) in [6, 6.07) is 0. The highest BCUT2D eigenvalue weighted by Crippen LogP contribution is 2.15. The van der Waals surface area contributed by atoms with Crippen LogP contribution in [-0.2, 0) is 14.6 Å². The Hall–Kier alpha value is -0.170. The van der Waals surface area contributed by atoms with E-state index in [1.165, 1.54) is 122 Å². The van der Waals surface area contributed by atoms with Crippen LogP contribution < -0.4 is 5.73 Å². The maximum atomic E-state index is 9.45. The Balaban J connectivity index is 0. The Labute approximate surface area is 188 Å². The lowest BCUT2D eigenvalue weighted by atomic mass is 9.97. The number of quaternary nitrogens is 1. The van der Waals surface area contributed by atoms with Crippen molar-refractivity contribution in [2.45, 2.75) is 149 Å². The molecule has 0 aliphatic rings. The lowest BCUT2D eigenvalue weighted by molar-refractivity contribution is -0.467. The monoisotopic (exact) mass is 451 g/mol. The minimum atomic E-state index is -4.42. The van der Waals surface area contributed by atoms with Crippen molar-refractivity contribution in [1.29, 1.82) is 0 Å². The highest BCUT2D eigenvalue weighted by molar-refractivity contribution is 7.80. The van der Waals surface area contributed by atoms with Gasteiger partial charge in [-0.05, 0) is 27.2 Å². The molecular weight excluding hydrogens is 398 g/mol. The zero-order valence-corrected chi connectivity index (χ0v) is 21.5. The molecule has 0 aliphatic heterocycles. The average Bonchev–Trinajstić information content (AvgIpc) is 2.63. The smallest absolute Gasteiger partial charge is 0.217 e. The molecule has 0 atom stereocenters. The summed E-state index contributed by atoms with van der Waals surface area (Å²) in [5.74, 6) is 0. The Bertz CT molecular complexity index is 433. The molecule has 0 bridgehead atoms. The fourth-order valence-corrected chi connectivity index (χ4v) is 3.76. The number of rotatable bonds is 20. The van der Waals surface area contributed by atoms with E-state index >= 15 is 0 Å². The van der Waals surface area contributed by atoms with E-state index in [1.807, 2.05) is 0 Å². The molecule has 0 amide bonds. The van der Waals surface area contributed by atoms with Crippen LogP contribution in [0.25, 0.3) is 0 Å². The molecule has 5 nitrogen and oxygen atoms in total. The maximum Gasteiger partial charge on any atom is 0.217 e. The fraction of sp³-hybridized carbons (Fsp3) is 1.00. The summed E-state index contributed by atoms with van der Waals surface area (Å²) in [5, 5.41) is 0. The van der Waals surface area contributed by atoms with Crippen LogP contribution in [-0.4, -0.2) is 25.1 Å². The molecule has 0 spiro atoms. The summed E-state index contributed by atoms with van der Waals surface area (Å²) in [4.78, 5) is 0. The van der Waals surface area contributed by atoms with E-state index in [0.29, 0.717) is 0 Å². The van der Waals surface area contributed by atoms with Crippen LogP contribution in [0, 0.1) is 0 Å². The van der Waals surface area contributed by atoms with Crippen LogP contribution in [0.2, 0.25) is 0 Å². The Morgan fingerprint density at radius 1 is 0.667 bits per heavy atom. The van der Waals surface area contributed by atoms with Gasteiger partial charge < -0.3 is 10.3 Å². The molecule has 0 heterocycles. The second-order valence-corrected chi connectivity index (χ2v) is 10.4. The SMILES string of the molecule is CCCCCCCCCCCCCCCCCCCC(C)(C)[NH3+].CCOS(=O)(=O)[O-]. The highest BCUT2D eigenvalue weighted by Gasteiger charge is 2.13. The van der Waals surface area contributed by atoms with Crippen LogP contribution >= 0.6 is 0 Å². The first-order chi connectivity index (χ1) is 14.1. The molecular formula is C24H53NO4S. The van der Waals surface area contributed by atoms with E-state index in [1.54, 1.807) is 0 Å². The first kappa shape index (κ1) is 32.0. The van der Waals surface area contributed by atoms with Gasteiger partial charge >= 0.3 is 0 Å². The van der Waals surface area contributed by atoms with Crippen LogP contribution in [0.5, 0.6) is 0 Å². The van der Waals surface area contributed by atoms with Crippen molar-refractivity contribution in [1.82, 2.24) is 0 Å². The van der Waals surface area contributed by atoms with Crippen LogP contribution in [0.4, 0.5) is 0 Å². The van der Waals surface area contributed by atoms with Crippen molar-refractivity contribution < 1.29 is 22.9 Å². The summed E-state index contributed by atoms with van der Waals surface area (Å²) < 4.78 is 32.0. The molecule has 0 rings (SSSR count). The number of hydrogen-bond acceptors (Lipinski definition) is 4. The largest absolute Gasteiger partial charge is 0.726 e. The summed E-state index contributed by atoms with van der Waals surface area (Å²) in [6.45, 7) is 8.13. The third-order valence-corrected chi connectivity index (χ3v) is 5.74. The first-order valence-electron chi connectivity index (χ1n) is 12.6. The molecule has 0 aliphatic carbocycles. The Kier molecular flexibility index (Phi) is 23.5. The van der Waals surface area contributed by atoms with Gasteiger partial charge in [0.1, 0.15) is 0 Å². The van der Waals surface area contributed by atoms with Crippen molar-refractivity contribution in [3.63, 3.8) is 0 Å². The zero-order valence-electron chi connectivity index (χ0n) is 20.7. The van der Waals surface area contributed by atoms with E-state index in [2.05, 4.69) is 30.7 Å². The molecule has 0 aromatic carbocycles. The Morgan fingerprint density at radius 2 is 0.967 bits per heavy atom. The molecule has 0 saturated heterocycles. The molecule has 0 radical (unpaired) electrons. The van der Waals surface area contributed by atoms with E-state index in [0.717, 1.165) is 0 Å². The molecule has 30 heavy (non-hydrogen) atoms. The van der Waals surface area contributed by atoms with Gasteiger partial charge in [-0.3, -0.25) is 4.18 Å². The highest BCUT2D eigenvalue weighted by atomic mass is 32.3. The van der Waals surface area contributed by atoms with Crippen molar-refractivity contribution in [2.24, 2.45) is 0 Å².